The highest BCUT2D eigenvalue weighted by Gasteiger charge is 2.26. The Kier molecular flexibility index (Phi) is 3.54. The fourth-order valence-electron chi connectivity index (χ4n) is 1.77. The van der Waals surface area contributed by atoms with Crippen LogP contribution in [0.4, 0.5) is 4.39 Å². The normalized spacial score (nSPS) is 25.8. The van der Waals surface area contributed by atoms with Crippen molar-refractivity contribution in [3.8, 4) is 0 Å². The molecule has 4 heteroatoms. The highest BCUT2D eigenvalue weighted by atomic mass is 35.5. The Morgan fingerprint density at radius 3 is 2.93 bits per heavy atom. The predicted molar refractivity (Wildman–Crippen MR) is 61.9 cm³/mol. The van der Waals surface area contributed by atoms with E-state index in [0.717, 1.165) is 11.5 Å². The Morgan fingerprint density at radius 1 is 1.47 bits per heavy atom. The third-order valence-corrected chi connectivity index (χ3v) is 4.21. The number of aliphatic hydroxyl groups excluding tert-OH is 1. The molecule has 0 aromatic heterocycles. The van der Waals surface area contributed by atoms with Gasteiger partial charge in [-0.1, -0.05) is 23.7 Å². The molecule has 1 aliphatic rings. The van der Waals surface area contributed by atoms with Crippen molar-refractivity contribution in [2.24, 2.45) is 5.92 Å². The van der Waals surface area contributed by atoms with Gasteiger partial charge in [-0.05, 0) is 29.7 Å². The molecule has 15 heavy (non-hydrogen) atoms. The summed E-state index contributed by atoms with van der Waals surface area (Å²) in [5.41, 5.74) is 0.606. The van der Waals surface area contributed by atoms with Crippen molar-refractivity contribution in [1.29, 1.82) is 0 Å². The van der Waals surface area contributed by atoms with Gasteiger partial charge in [0.05, 0.1) is 11.1 Å². The van der Waals surface area contributed by atoms with Crippen LogP contribution in [-0.4, -0.2) is 22.7 Å². The summed E-state index contributed by atoms with van der Waals surface area (Å²) in [6, 6.07) is 5.02. The molecule has 2 atom stereocenters. The average molecular weight is 247 g/mol. The molecular weight excluding hydrogens is 235 g/mol. The van der Waals surface area contributed by atoms with Gasteiger partial charge in [-0.2, -0.15) is 11.8 Å². The highest BCUT2D eigenvalue weighted by molar-refractivity contribution is 7.99. The van der Waals surface area contributed by atoms with Crippen molar-refractivity contribution in [3.05, 3.63) is 34.6 Å². The summed E-state index contributed by atoms with van der Waals surface area (Å²) in [5, 5.41) is 9.79. The Hall–Kier alpha value is -0.250. The molecule has 1 aliphatic heterocycles. The zero-order valence-corrected chi connectivity index (χ0v) is 9.69. The van der Waals surface area contributed by atoms with Crippen LogP contribution < -0.4 is 0 Å². The minimum Gasteiger partial charge on any atom is -0.392 e. The molecular formula is C11H12ClFOS. The summed E-state index contributed by atoms with van der Waals surface area (Å²) in [7, 11) is 0. The van der Waals surface area contributed by atoms with Crippen LogP contribution in [0.2, 0.25) is 5.02 Å². The number of thioether (sulfide) groups is 1. The Balaban J connectivity index is 2.13. The fraction of sp³-hybridized carbons (Fsp3) is 0.455. The smallest absolute Gasteiger partial charge is 0.144 e. The molecule has 2 unspecified atom stereocenters. The molecule has 1 heterocycles. The maximum atomic E-state index is 13.6. The number of hydrogen-bond acceptors (Lipinski definition) is 2. The van der Waals surface area contributed by atoms with E-state index in [1.807, 2.05) is 0 Å². The standard InChI is InChI=1S/C11H12ClFOS/c12-9-3-1-2-7(11(9)13)4-8-5-15-6-10(8)14/h1-3,8,10,14H,4-6H2. The second kappa shape index (κ2) is 4.73. The van der Waals surface area contributed by atoms with Crippen LogP contribution in [0.5, 0.6) is 0 Å². The SMILES string of the molecule is OC1CSCC1Cc1cccc(Cl)c1F. The number of hydrogen-bond donors (Lipinski definition) is 1. The lowest BCUT2D eigenvalue weighted by molar-refractivity contribution is 0.149. The van der Waals surface area contributed by atoms with Gasteiger partial charge in [-0.25, -0.2) is 4.39 Å². The molecule has 0 radical (unpaired) electrons. The van der Waals surface area contributed by atoms with Crippen LogP contribution in [0.15, 0.2) is 18.2 Å². The lowest BCUT2D eigenvalue weighted by Gasteiger charge is -2.14. The molecule has 1 nitrogen and oxygen atoms in total. The minimum absolute atomic E-state index is 0.156. The van der Waals surface area contributed by atoms with Crippen molar-refractivity contribution >= 4 is 23.4 Å². The first kappa shape index (κ1) is 11.2. The van der Waals surface area contributed by atoms with Crippen molar-refractivity contribution in [2.45, 2.75) is 12.5 Å². The topological polar surface area (TPSA) is 20.2 Å². The molecule has 0 aliphatic carbocycles. The van der Waals surface area contributed by atoms with Crippen molar-refractivity contribution in [2.75, 3.05) is 11.5 Å². The van der Waals surface area contributed by atoms with E-state index in [1.54, 1.807) is 30.0 Å². The van der Waals surface area contributed by atoms with Gasteiger partial charge in [0.25, 0.3) is 0 Å². The summed E-state index contributed by atoms with van der Waals surface area (Å²) in [6.07, 6.45) is 0.258. The van der Waals surface area contributed by atoms with Crippen LogP contribution in [0.25, 0.3) is 0 Å². The van der Waals surface area contributed by atoms with Crippen LogP contribution in [0, 0.1) is 11.7 Å². The quantitative estimate of drug-likeness (QED) is 0.866. The fourth-order valence-corrected chi connectivity index (χ4v) is 3.26. The number of halogens is 2. The number of aliphatic hydroxyl groups is 1. The minimum atomic E-state index is -0.344. The molecule has 82 valence electrons. The maximum absolute atomic E-state index is 13.6. The molecule has 0 amide bonds. The third kappa shape index (κ3) is 2.47. The first-order valence-electron chi connectivity index (χ1n) is 4.87. The molecule has 0 bridgehead atoms. The van der Waals surface area contributed by atoms with E-state index in [1.165, 1.54) is 0 Å². The summed E-state index contributed by atoms with van der Waals surface area (Å²) in [6.45, 7) is 0. The van der Waals surface area contributed by atoms with Gasteiger partial charge < -0.3 is 5.11 Å². The summed E-state index contributed by atoms with van der Waals surface area (Å²) in [4.78, 5) is 0. The molecule has 1 aromatic carbocycles. The zero-order chi connectivity index (χ0) is 10.8. The van der Waals surface area contributed by atoms with Crippen molar-refractivity contribution in [3.63, 3.8) is 0 Å². The Morgan fingerprint density at radius 2 is 2.27 bits per heavy atom. The van der Waals surface area contributed by atoms with Crippen molar-refractivity contribution < 1.29 is 9.50 Å². The molecule has 0 saturated carbocycles. The molecule has 1 N–H and O–H groups in total. The molecule has 1 fully saturated rings. The average Bonchev–Trinajstić information content (AvgIpc) is 2.60. The van der Waals surface area contributed by atoms with Gasteiger partial charge >= 0.3 is 0 Å². The number of benzene rings is 1. The molecule has 1 aromatic rings. The van der Waals surface area contributed by atoms with Gasteiger partial charge in [0, 0.05) is 5.75 Å². The van der Waals surface area contributed by atoms with E-state index in [-0.39, 0.29) is 22.9 Å². The molecule has 0 spiro atoms. The first-order chi connectivity index (χ1) is 7.18. The maximum Gasteiger partial charge on any atom is 0.144 e. The van der Waals surface area contributed by atoms with E-state index in [2.05, 4.69) is 0 Å². The van der Waals surface area contributed by atoms with Crippen molar-refractivity contribution in [1.82, 2.24) is 0 Å². The second-order valence-corrected chi connectivity index (χ2v) is 5.26. The monoisotopic (exact) mass is 246 g/mol. The van der Waals surface area contributed by atoms with Gasteiger partial charge in [0.1, 0.15) is 5.82 Å². The molecule has 1 saturated heterocycles. The van der Waals surface area contributed by atoms with Gasteiger partial charge in [0.15, 0.2) is 0 Å². The van der Waals surface area contributed by atoms with Crippen LogP contribution in [-0.2, 0) is 6.42 Å². The highest BCUT2D eigenvalue weighted by Crippen LogP contribution is 2.29. The van der Waals surface area contributed by atoms with Crippen LogP contribution >= 0.6 is 23.4 Å². The van der Waals surface area contributed by atoms with Gasteiger partial charge in [0.2, 0.25) is 0 Å². The lowest BCUT2D eigenvalue weighted by Crippen LogP contribution is -2.20. The van der Waals surface area contributed by atoms with Crippen LogP contribution in [0.1, 0.15) is 5.56 Å². The van der Waals surface area contributed by atoms with Crippen LogP contribution in [0.3, 0.4) is 0 Å². The second-order valence-electron chi connectivity index (χ2n) is 3.78. The zero-order valence-electron chi connectivity index (χ0n) is 8.12. The van der Waals surface area contributed by atoms with E-state index in [9.17, 15) is 9.50 Å². The molecule has 2 rings (SSSR count). The first-order valence-corrected chi connectivity index (χ1v) is 6.40. The third-order valence-electron chi connectivity index (χ3n) is 2.68. The largest absolute Gasteiger partial charge is 0.392 e. The van der Waals surface area contributed by atoms with Gasteiger partial charge in [-0.15, -0.1) is 0 Å². The summed E-state index contributed by atoms with van der Waals surface area (Å²) >= 11 is 7.41. The van der Waals surface area contributed by atoms with Gasteiger partial charge in [-0.3, -0.25) is 0 Å². The summed E-state index contributed by atoms with van der Waals surface area (Å²) in [5.74, 6) is 1.46. The summed E-state index contributed by atoms with van der Waals surface area (Å²) < 4.78 is 13.6. The predicted octanol–water partition coefficient (Wildman–Crippen LogP) is 2.75. The van der Waals surface area contributed by atoms with E-state index >= 15 is 0 Å². The number of rotatable bonds is 2. The van der Waals surface area contributed by atoms with E-state index in [0.29, 0.717) is 12.0 Å². The van der Waals surface area contributed by atoms with E-state index in [4.69, 9.17) is 11.6 Å². The van der Waals surface area contributed by atoms with E-state index < -0.39 is 0 Å². The Labute approximate surface area is 97.6 Å². The lowest BCUT2D eigenvalue weighted by atomic mass is 9.96. The Bertz CT molecular complexity index is 358.